The van der Waals surface area contributed by atoms with Gasteiger partial charge in [-0.2, -0.15) is 0 Å². The lowest BCUT2D eigenvalue weighted by molar-refractivity contribution is -0.130. The molecule has 11 nitrogen and oxygen atoms in total. The number of nitrogens with zero attached hydrogens (tertiary/aromatic N) is 4. The van der Waals surface area contributed by atoms with Crippen molar-refractivity contribution in [2.45, 2.75) is 58.0 Å². The summed E-state index contributed by atoms with van der Waals surface area (Å²) in [5.74, 6) is -0.949. The smallest absolute Gasteiger partial charge is 0.326 e. The standard InChI is InChI=1S/C24H32N6O5/c1-23(2)19(32)29(21(34)25-23)14-28(15-30-20(33)24(3,4)26-22(30)35)17-10-8-9-16(13-17)18(31)27-11-6-5-7-12-27/h8-10,13H,5-7,11-12,14-15H2,1-4H3,(H,25,34)(H,26,35). The van der Waals surface area contributed by atoms with E-state index in [1.807, 2.05) is 4.90 Å². The lowest BCUT2D eigenvalue weighted by Crippen LogP contribution is -2.49. The summed E-state index contributed by atoms with van der Waals surface area (Å²) >= 11 is 0. The number of hydrogen-bond donors (Lipinski definition) is 2. The molecule has 188 valence electrons. The molecule has 3 aliphatic heterocycles. The molecule has 3 aliphatic rings. The number of anilines is 1. The number of carbonyl (C=O) groups is 5. The number of amides is 7. The number of rotatable bonds is 6. The number of piperidine rings is 1. The van der Waals surface area contributed by atoms with Crippen molar-refractivity contribution in [1.29, 1.82) is 0 Å². The van der Waals surface area contributed by atoms with Crippen LogP contribution in [0.1, 0.15) is 57.3 Å². The van der Waals surface area contributed by atoms with Gasteiger partial charge >= 0.3 is 12.1 Å². The van der Waals surface area contributed by atoms with Gasteiger partial charge in [-0.3, -0.25) is 14.4 Å². The summed E-state index contributed by atoms with van der Waals surface area (Å²) in [6.45, 7) is 7.42. The number of nitrogens with one attached hydrogen (secondary N) is 2. The summed E-state index contributed by atoms with van der Waals surface area (Å²) in [6.07, 6.45) is 3.02. The Labute approximate surface area is 204 Å². The largest absolute Gasteiger partial charge is 0.339 e. The second kappa shape index (κ2) is 8.86. The molecule has 11 heteroatoms. The van der Waals surface area contributed by atoms with Crippen LogP contribution in [0.3, 0.4) is 0 Å². The Hall–Kier alpha value is -3.63. The highest BCUT2D eigenvalue weighted by atomic mass is 16.2. The summed E-state index contributed by atoms with van der Waals surface area (Å²) in [4.78, 5) is 69.4. The van der Waals surface area contributed by atoms with Crippen LogP contribution in [-0.2, 0) is 9.59 Å². The van der Waals surface area contributed by atoms with Gasteiger partial charge in [-0.25, -0.2) is 19.4 Å². The van der Waals surface area contributed by atoms with Gasteiger partial charge in [0.1, 0.15) is 24.4 Å². The van der Waals surface area contributed by atoms with E-state index in [1.165, 1.54) is 0 Å². The summed E-state index contributed by atoms with van der Waals surface area (Å²) < 4.78 is 0. The van der Waals surface area contributed by atoms with Crippen molar-refractivity contribution in [3.05, 3.63) is 29.8 Å². The molecule has 3 heterocycles. The molecule has 35 heavy (non-hydrogen) atoms. The monoisotopic (exact) mass is 484 g/mol. The Morgan fingerprint density at radius 2 is 1.37 bits per heavy atom. The fourth-order valence-electron chi connectivity index (χ4n) is 4.56. The second-order valence-corrected chi connectivity index (χ2v) is 10.3. The van der Waals surface area contributed by atoms with E-state index in [0.29, 0.717) is 24.3 Å². The average molecular weight is 485 g/mol. The van der Waals surface area contributed by atoms with Crippen LogP contribution in [-0.4, -0.2) is 82.0 Å². The van der Waals surface area contributed by atoms with Crippen molar-refractivity contribution >= 4 is 35.5 Å². The van der Waals surface area contributed by atoms with Crippen LogP contribution in [0, 0.1) is 0 Å². The molecule has 0 aromatic heterocycles. The van der Waals surface area contributed by atoms with E-state index >= 15 is 0 Å². The topological polar surface area (TPSA) is 122 Å². The van der Waals surface area contributed by atoms with Crippen molar-refractivity contribution in [3.63, 3.8) is 0 Å². The molecule has 0 saturated carbocycles. The van der Waals surface area contributed by atoms with Crippen LogP contribution in [0.5, 0.6) is 0 Å². The molecule has 1 aromatic rings. The second-order valence-electron chi connectivity index (χ2n) is 10.3. The Morgan fingerprint density at radius 1 is 0.857 bits per heavy atom. The van der Waals surface area contributed by atoms with Gasteiger partial charge in [-0.1, -0.05) is 6.07 Å². The van der Waals surface area contributed by atoms with Gasteiger partial charge in [-0.15, -0.1) is 0 Å². The van der Waals surface area contributed by atoms with Gasteiger partial charge < -0.3 is 20.4 Å². The number of carbonyl (C=O) groups excluding carboxylic acids is 5. The zero-order valence-electron chi connectivity index (χ0n) is 20.6. The minimum Gasteiger partial charge on any atom is -0.339 e. The Kier molecular flexibility index (Phi) is 6.20. The van der Waals surface area contributed by atoms with Gasteiger partial charge in [-0.05, 0) is 65.2 Å². The molecule has 4 rings (SSSR count). The minimum absolute atomic E-state index is 0.0984. The summed E-state index contributed by atoms with van der Waals surface area (Å²) in [7, 11) is 0. The molecule has 0 aliphatic carbocycles. The fourth-order valence-corrected chi connectivity index (χ4v) is 4.56. The maximum Gasteiger partial charge on any atom is 0.326 e. The molecular weight excluding hydrogens is 452 g/mol. The van der Waals surface area contributed by atoms with Crippen molar-refractivity contribution in [1.82, 2.24) is 25.3 Å². The van der Waals surface area contributed by atoms with Crippen molar-refractivity contribution < 1.29 is 24.0 Å². The van der Waals surface area contributed by atoms with E-state index in [9.17, 15) is 24.0 Å². The summed E-state index contributed by atoms with van der Waals surface area (Å²) in [6, 6.07) is 5.69. The Balaban J connectivity index is 1.65. The number of likely N-dealkylation sites (tertiary alicyclic amines) is 1. The number of benzene rings is 1. The lowest BCUT2D eigenvalue weighted by Gasteiger charge is -2.32. The molecule has 7 amide bonds. The van der Waals surface area contributed by atoms with Crippen molar-refractivity contribution in [2.24, 2.45) is 0 Å². The van der Waals surface area contributed by atoms with Crippen molar-refractivity contribution in [3.8, 4) is 0 Å². The minimum atomic E-state index is -1.07. The number of urea groups is 2. The number of imide groups is 2. The molecule has 0 unspecified atom stereocenters. The van der Waals surface area contributed by atoms with Gasteiger partial charge in [0.05, 0.1) is 0 Å². The first-order valence-electron chi connectivity index (χ1n) is 11.8. The van der Waals surface area contributed by atoms with E-state index in [4.69, 9.17) is 0 Å². The number of hydrogen-bond acceptors (Lipinski definition) is 6. The maximum atomic E-state index is 13.1. The average Bonchev–Trinajstić information content (AvgIpc) is 3.14. The predicted octanol–water partition coefficient (Wildman–Crippen LogP) is 1.69. The van der Waals surface area contributed by atoms with Crippen LogP contribution in [0.4, 0.5) is 15.3 Å². The quantitative estimate of drug-likeness (QED) is 0.593. The van der Waals surface area contributed by atoms with E-state index < -0.39 is 35.0 Å². The zero-order valence-corrected chi connectivity index (χ0v) is 20.6. The van der Waals surface area contributed by atoms with Crippen LogP contribution in [0.25, 0.3) is 0 Å². The molecule has 0 spiro atoms. The van der Waals surface area contributed by atoms with Gasteiger partial charge in [0.15, 0.2) is 0 Å². The first-order valence-corrected chi connectivity index (χ1v) is 11.8. The van der Waals surface area contributed by atoms with Crippen LogP contribution < -0.4 is 15.5 Å². The lowest BCUT2D eigenvalue weighted by atomic mass is 10.1. The molecule has 3 saturated heterocycles. The van der Waals surface area contributed by atoms with Gasteiger partial charge in [0, 0.05) is 24.3 Å². The van der Waals surface area contributed by atoms with E-state index in [2.05, 4.69) is 10.6 Å². The van der Waals surface area contributed by atoms with E-state index in [0.717, 1.165) is 29.1 Å². The SMILES string of the molecule is CC1(C)NC(=O)N(CN(CN2C(=O)NC(C)(C)C2=O)c2cccc(C(=O)N3CCCCC3)c2)C1=O. The van der Waals surface area contributed by atoms with Crippen LogP contribution in [0.15, 0.2) is 24.3 Å². The fraction of sp³-hybridized carbons (Fsp3) is 0.542. The normalized spacial score (nSPS) is 21.3. The third kappa shape index (κ3) is 4.67. The molecule has 1 aromatic carbocycles. The molecule has 2 N–H and O–H groups in total. The van der Waals surface area contributed by atoms with Crippen LogP contribution in [0.2, 0.25) is 0 Å². The third-order valence-electron chi connectivity index (χ3n) is 6.61. The molecule has 0 radical (unpaired) electrons. The Bertz CT molecular complexity index is 1030. The van der Waals surface area contributed by atoms with E-state index in [1.54, 1.807) is 56.9 Å². The third-order valence-corrected chi connectivity index (χ3v) is 6.61. The molecule has 0 bridgehead atoms. The molecule has 0 atom stereocenters. The predicted molar refractivity (Wildman–Crippen MR) is 127 cm³/mol. The summed E-state index contributed by atoms with van der Waals surface area (Å²) in [5, 5.41) is 5.27. The highest BCUT2D eigenvalue weighted by Crippen LogP contribution is 2.25. The van der Waals surface area contributed by atoms with Gasteiger partial charge in [0.2, 0.25) is 0 Å². The maximum absolute atomic E-state index is 13.1. The highest BCUT2D eigenvalue weighted by Gasteiger charge is 2.47. The van der Waals surface area contributed by atoms with Crippen LogP contribution >= 0.6 is 0 Å². The zero-order chi connectivity index (χ0) is 25.5. The first-order chi connectivity index (χ1) is 16.4. The Morgan fingerprint density at radius 3 is 1.83 bits per heavy atom. The molecular formula is C24H32N6O5. The van der Waals surface area contributed by atoms with E-state index in [-0.39, 0.29) is 19.2 Å². The highest BCUT2D eigenvalue weighted by molar-refractivity contribution is 6.07. The molecule has 3 fully saturated rings. The van der Waals surface area contributed by atoms with Crippen molar-refractivity contribution in [2.75, 3.05) is 31.3 Å². The van der Waals surface area contributed by atoms with Gasteiger partial charge in [0.25, 0.3) is 17.7 Å². The summed E-state index contributed by atoms with van der Waals surface area (Å²) in [5.41, 5.74) is -1.18. The first kappa shape index (κ1) is 24.5.